The van der Waals surface area contributed by atoms with E-state index in [4.69, 9.17) is 0 Å². The summed E-state index contributed by atoms with van der Waals surface area (Å²) in [5.74, 6) is -1.56. The minimum absolute atomic E-state index is 0.0133. The lowest BCUT2D eigenvalue weighted by atomic mass is 9.83. The highest BCUT2D eigenvalue weighted by Gasteiger charge is 2.39. The van der Waals surface area contributed by atoms with Crippen molar-refractivity contribution in [3.63, 3.8) is 0 Å². The van der Waals surface area contributed by atoms with Gasteiger partial charge in [0.2, 0.25) is 0 Å². The van der Waals surface area contributed by atoms with Gasteiger partial charge in [-0.1, -0.05) is 6.07 Å². The van der Waals surface area contributed by atoms with Gasteiger partial charge >= 0.3 is 0 Å². The molecule has 0 saturated carbocycles. The van der Waals surface area contributed by atoms with Gasteiger partial charge in [-0.05, 0) is 49.1 Å². The first-order valence-corrected chi connectivity index (χ1v) is 11.9. The molecular weight excluding hydrogens is 465 g/mol. The SMILES string of the molecule is C[C@@H]1Cc2c(ccc3[nH]ncc23)[C@@H](c2c(F)cc(NC3CN(CCCF)C3)cc2F)N1CC(F)F. The quantitative estimate of drug-likeness (QED) is 0.439. The summed E-state index contributed by atoms with van der Waals surface area (Å²) >= 11 is 0. The minimum atomic E-state index is -2.65. The van der Waals surface area contributed by atoms with Gasteiger partial charge in [0.25, 0.3) is 6.43 Å². The number of nitrogens with one attached hydrogen (secondary N) is 2. The lowest BCUT2D eigenvalue weighted by molar-refractivity contribution is 0.0447. The Morgan fingerprint density at radius 1 is 1.17 bits per heavy atom. The Kier molecular flexibility index (Phi) is 6.67. The van der Waals surface area contributed by atoms with Crippen LogP contribution in [-0.2, 0) is 6.42 Å². The van der Waals surface area contributed by atoms with Crippen LogP contribution < -0.4 is 5.32 Å². The number of aromatic nitrogens is 2. The molecule has 2 atom stereocenters. The number of nitrogens with zero attached hydrogens (tertiary/aromatic N) is 3. The largest absolute Gasteiger partial charge is 0.380 e. The van der Waals surface area contributed by atoms with E-state index < -0.39 is 30.6 Å². The summed E-state index contributed by atoms with van der Waals surface area (Å²) in [5.41, 5.74) is 2.33. The number of anilines is 1. The van der Waals surface area contributed by atoms with Gasteiger partial charge in [-0.15, -0.1) is 0 Å². The fourth-order valence-corrected chi connectivity index (χ4v) is 5.48. The van der Waals surface area contributed by atoms with Gasteiger partial charge < -0.3 is 5.32 Å². The van der Waals surface area contributed by atoms with E-state index in [0.29, 0.717) is 43.7 Å². The van der Waals surface area contributed by atoms with Crippen LogP contribution in [0.3, 0.4) is 0 Å². The van der Waals surface area contributed by atoms with Crippen LogP contribution in [0, 0.1) is 11.6 Å². The van der Waals surface area contributed by atoms with Crippen LogP contribution in [0.2, 0.25) is 0 Å². The molecule has 3 heterocycles. The van der Waals surface area contributed by atoms with Gasteiger partial charge in [0, 0.05) is 42.3 Å². The molecule has 1 fully saturated rings. The summed E-state index contributed by atoms with van der Waals surface area (Å²) in [6.07, 6.45) is -0.0497. The monoisotopic (exact) mass is 493 g/mol. The molecule has 0 aliphatic carbocycles. The molecule has 1 saturated heterocycles. The van der Waals surface area contributed by atoms with Gasteiger partial charge in [-0.25, -0.2) is 17.6 Å². The molecule has 3 aromatic rings. The van der Waals surface area contributed by atoms with Crippen molar-refractivity contribution in [1.29, 1.82) is 0 Å². The second-order valence-corrected chi connectivity index (χ2v) is 9.51. The number of benzene rings is 2. The molecule has 2 aliphatic heterocycles. The average molecular weight is 494 g/mol. The maximum absolute atomic E-state index is 15.5. The molecule has 0 spiro atoms. The van der Waals surface area contributed by atoms with E-state index in [1.54, 1.807) is 25.3 Å². The Labute approximate surface area is 200 Å². The van der Waals surface area contributed by atoms with E-state index in [0.717, 1.165) is 16.5 Å². The minimum Gasteiger partial charge on any atom is -0.380 e. The Balaban J connectivity index is 1.48. The molecule has 0 amide bonds. The van der Waals surface area contributed by atoms with Crippen molar-refractivity contribution in [3.8, 4) is 0 Å². The summed E-state index contributed by atoms with van der Waals surface area (Å²) in [6.45, 7) is 2.82. The number of fused-ring (bicyclic) bond motifs is 3. The van der Waals surface area contributed by atoms with Crippen molar-refractivity contribution in [2.75, 3.05) is 38.2 Å². The number of likely N-dealkylation sites (tertiary alicyclic amines) is 1. The Hall–Kier alpha value is -2.72. The van der Waals surface area contributed by atoms with E-state index in [2.05, 4.69) is 20.4 Å². The molecule has 5 nitrogen and oxygen atoms in total. The standard InChI is InChI=1S/C25H28F5N5/c1-14-7-18-17(3-4-22-19(18)10-31-33-22)25(35(14)13-23(29)30)24-20(27)8-15(9-21(24)28)32-16-11-34(12-16)6-2-5-26/h3-4,8-10,14,16,23,25,32H,2,5-7,11-13H2,1H3,(H,31,33)/t14-,25+/m1/s1. The van der Waals surface area contributed by atoms with Crippen molar-refractivity contribution < 1.29 is 22.0 Å². The normalized spacial score (nSPS) is 21.5. The molecule has 1 aromatic heterocycles. The lowest BCUT2D eigenvalue weighted by Crippen LogP contribution is -2.54. The number of alkyl halides is 3. The van der Waals surface area contributed by atoms with Crippen molar-refractivity contribution >= 4 is 16.6 Å². The van der Waals surface area contributed by atoms with E-state index >= 15 is 8.78 Å². The highest BCUT2D eigenvalue weighted by molar-refractivity contribution is 5.83. The molecule has 0 radical (unpaired) electrons. The summed E-state index contributed by atoms with van der Waals surface area (Å²) in [4.78, 5) is 3.56. The molecule has 2 aliphatic rings. The van der Waals surface area contributed by atoms with Crippen LogP contribution in [0.5, 0.6) is 0 Å². The van der Waals surface area contributed by atoms with Crippen molar-refractivity contribution in [3.05, 3.63) is 58.8 Å². The smallest absolute Gasteiger partial charge is 0.251 e. The zero-order valence-electron chi connectivity index (χ0n) is 19.4. The zero-order valence-corrected chi connectivity index (χ0v) is 19.4. The lowest BCUT2D eigenvalue weighted by Gasteiger charge is -2.42. The molecule has 0 unspecified atom stereocenters. The molecule has 2 aromatic carbocycles. The Bertz CT molecular complexity index is 1170. The van der Waals surface area contributed by atoms with Crippen LogP contribution >= 0.6 is 0 Å². The number of aromatic amines is 1. The van der Waals surface area contributed by atoms with Crippen molar-refractivity contribution in [2.24, 2.45) is 0 Å². The maximum Gasteiger partial charge on any atom is 0.251 e. The predicted molar refractivity (Wildman–Crippen MR) is 125 cm³/mol. The molecule has 35 heavy (non-hydrogen) atoms. The van der Waals surface area contributed by atoms with Crippen LogP contribution in [-0.4, -0.2) is 71.4 Å². The first-order valence-electron chi connectivity index (χ1n) is 11.9. The van der Waals surface area contributed by atoms with E-state index in [-0.39, 0.29) is 24.3 Å². The second-order valence-electron chi connectivity index (χ2n) is 9.51. The molecule has 10 heteroatoms. The number of hydrogen-bond acceptors (Lipinski definition) is 4. The van der Waals surface area contributed by atoms with Crippen LogP contribution in [0.4, 0.5) is 27.6 Å². The maximum atomic E-state index is 15.5. The van der Waals surface area contributed by atoms with Crippen molar-refractivity contribution in [1.82, 2.24) is 20.0 Å². The summed E-state index contributed by atoms with van der Waals surface area (Å²) in [6, 6.07) is 4.65. The van der Waals surface area contributed by atoms with Crippen LogP contribution in [0.15, 0.2) is 30.5 Å². The highest BCUT2D eigenvalue weighted by Crippen LogP contribution is 2.43. The second kappa shape index (κ2) is 9.73. The van der Waals surface area contributed by atoms with Gasteiger partial charge in [0.15, 0.2) is 0 Å². The molecular formula is C25H28F5N5. The predicted octanol–water partition coefficient (Wildman–Crippen LogP) is 4.90. The van der Waals surface area contributed by atoms with E-state index in [1.165, 1.54) is 17.0 Å². The number of halogens is 5. The highest BCUT2D eigenvalue weighted by atomic mass is 19.3. The number of hydrogen-bond donors (Lipinski definition) is 2. The van der Waals surface area contributed by atoms with Gasteiger partial charge in [0.05, 0.1) is 37.0 Å². The molecule has 188 valence electrons. The van der Waals surface area contributed by atoms with Gasteiger partial charge in [-0.2, -0.15) is 5.10 Å². The zero-order chi connectivity index (χ0) is 24.7. The molecule has 2 N–H and O–H groups in total. The van der Waals surface area contributed by atoms with Gasteiger partial charge in [0.1, 0.15) is 11.6 Å². The third-order valence-electron chi connectivity index (χ3n) is 7.10. The fourth-order valence-electron chi connectivity index (χ4n) is 5.48. The van der Waals surface area contributed by atoms with Crippen LogP contribution in [0.1, 0.15) is 36.1 Å². The molecule has 5 rings (SSSR count). The first-order chi connectivity index (χ1) is 16.9. The molecule has 0 bridgehead atoms. The first kappa shape index (κ1) is 24.0. The third kappa shape index (κ3) is 4.61. The Morgan fingerprint density at radius 3 is 2.60 bits per heavy atom. The fraction of sp³-hybridized carbons (Fsp3) is 0.480. The average Bonchev–Trinajstić information content (AvgIpc) is 3.26. The topological polar surface area (TPSA) is 47.2 Å². The summed E-state index contributed by atoms with van der Waals surface area (Å²) in [5, 5.41) is 10.9. The Morgan fingerprint density at radius 2 is 1.91 bits per heavy atom. The van der Waals surface area contributed by atoms with E-state index in [1.807, 2.05) is 0 Å². The summed E-state index contributed by atoms with van der Waals surface area (Å²) in [7, 11) is 0. The number of rotatable bonds is 8. The van der Waals surface area contributed by atoms with E-state index in [9.17, 15) is 13.2 Å². The van der Waals surface area contributed by atoms with Crippen molar-refractivity contribution in [2.45, 2.75) is 44.3 Å². The third-order valence-corrected chi connectivity index (χ3v) is 7.10. The van der Waals surface area contributed by atoms with Gasteiger partial charge in [-0.3, -0.25) is 19.3 Å². The summed E-state index contributed by atoms with van der Waals surface area (Å²) < 4.78 is 70.5. The number of H-pyrrole nitrogens is 1. The van der Waals surface area contributed by atoms with Crippen LogP contribution in [0.25, 0.3) is 10.9 Å².